The van der Waals surface area contributed by atoms with Crippen LogP contribution < -0.4 is 10.6 Å². The Bertz CT molecular complexity index is 1170. The molecule has 1 saturated heterocycles. The molecule has 39 heavy (non-hydrogen) atoms. The first-order chi connectivity index (χ1) is 18.9. The number of nitrogens with one attached hydrogen (secondary N) is 2. The summed E-state index contributed by atoms with van der Waals surface area (Å²) >= 11 is 0. The summed E-state index contributed by atoms with van der Waals surface area (Å²) in [5.41, 5.74) is 5.14. The van der Waals surface area contributed by atoms with Gasteiger partial charge in [0.1, 0.15) is 0 Å². The molecule has 7 nitrogen and oxygen atoms in total. The van der Waals surface area contributed by atoms with Gasteiger partial charge in [-0.1, -0.05) is 85.8 Å². The Morgan fingerprint density at radius 2 is 1.56 bits per heavy atom. The van der Waals surface area contributed by atoms with Crippen molar-refractivity contribution in [2.45, 2.75) is 58.5 Å². The zero-order chi connectivity index (χ0) is 27.8. The highest BCUT2D eigenvalue weighted by molar-refractivity contribution is 5.73. The Balaban J connectivity index is 1.53. The predicted octanol–water partition coefficient (Wildman–Crippen LogP) is 5.48. The number of nitrogens with zero attached hydrogens (tertiary/aromatic N) is 1. The largest absolute Gasteiger partial charge is 0.392 e. The summed E-state index contributed by atoms with van der Waals surface area (Å²) in [6.07, 6.45) is -0.762. The van der Waals surface area contributed by atoms with E-state index in [1.807, 2.05) is 61.5 Å². The van der Waals surface area contributed by atoms with Gasteiger partial charge in [-0.2, -0.15) is 0 Å². The van der Waals surface area contributed by atoms with E-state index in [9.17, 15) is 9.90 Å². The highest BCUT2D eigenvalue weighted by Crippen LogP contribution is 2.42. The first-order valence-corrected chi connectivity index (χ1v) is 13.8. The summed E-state index contributed by atoms with van der Waals surface area (Å²) in [6.45, 7) is 8.08. The molecule has 1 aliphatic rings. The minimum Gasteiger partial charge on any atom is -0.392 e. The number of amides is 2. The Kier molecular flexibility index (Phi) is 10.1. The van der Waals surface area contributed by atoms with E-state index >= 15 is 0 Å². The molecule has 0 unspecified atom stereocenters. The van der Waals surface area contributed by atoms with Crippen LogP contribution in [0.4, 0.5) is 4.79 Å². The molecule has 0 aliphatic carbocycles. The molecule has 0 bridgehead atoms. The van der Waals surface area contributed by atoms with Crippen molar-refractivity contribution in [3.63, 3.8) is 0 Å². The van der Waals surface area contributed by atoms with Crippen LogP contribution in [0.25, 0.3) is 0 Å². The van der Waals surface area contributed by atoms with E-state index in [1.54, 1.807) is 0 Å². The highest BCUT2D eigenvalue weighted by Gasteiger charge is 2.39. The minimum atomic E-state index is -0.528. The molecule has 1 heterocycles. The van der Waals surface area contributed by atoms with Gasteiger partial charge in [0.15, 0.2) is 6.29 Å². The van der Waals surface area contributed by atoms with E-state index in [2.05, 4.69) is 60.7 Å². The van der Waals surface area contributed by atoms with E-state index in [4.69, 9.17) is 9.47 Å². The van der Waals surface area contributed by atoms with E-state index in [0.717, 1.165) is 28.8 Å². The maximum atomic E-state index is 11.8. The van der Waals surface area contributed by atoms with Crippen LogP contribution in [-0.4, -0.2) is 42.3 Å². The second-order valence-corrected chi connectivity index (χ2v) is 10.3. The average molecular weight is 532 g/mol. The van der Waals surface area contributed by atoms with Crippen LogP contribution in [0.2, 0.25) is 0 Å². The number of aliphatic hydroxyl groups is 1. The highest BCUT2D eigenvalue weighted by atomic mass is 16.7. The van der Waals surface area contributed by atoms with Gasteiger partial charge in [-0.3, -0.25) is 4.90 Å². The molecule has 3 aromatic carbocycles. The molecule has 0 saturated carbocycles. The molecular weight excluding hydrogens is 490 g/mol. The van der Waals surface area contributed by atoms with Crippen molar-refractivity contribution in [1.82, 2.24) is 15.5 Å². The van der Waals surface area contributed by atoms with Crippen molar-refractivity contribution < 1.29 is 19.4 Å². The van der Waals surface area contributed by atoms with Crippen LogP contribution in [0.3, 0.4) is 0 Å². The SMILES string of the molecule is CCNC(=O)NCc1ccc([C@H]2O[C@@H](CN(C)[C@@H](C)c3ccccc3)[C@@H](C)[C@@H](c3ccc(CO)cc3)O2)cc1. The lowest BCUT2D eigenvalue weighted by Gasteiger charge is -2.43. The third-order valence-corrected chi connectivity index (χ3v) is 7.58. The number of hydrogen-bond donors (Lipinski definition) is 3. The normalized spacial score (nSPS) is 21.9. The van der Waals surface area contributed by atoms with Crippen LogP contribution in [0, 0.1) is 5.92 Å². The van der Waals surface area contributed by atoms with Crippen molar-refractivity contribution in [3.8, 4) is 0 Å². The number of benzene rings is 3. The van der Waals surface area contributed by atoms with Crippen LogP contribution in [0.1, 0.15) is 67.0 Å². The number of aliphatic hydroxyl groups excluding tert-OH is 1. The maximum Gasteiger partial charge on any atom is 0.315 e. The van der Waals surface area contributed by atoms with Crippen LogP contribution in [0.15, 0.2) is 78.9 Å². The maximum absolute atomic E-state index is 11.8. The molecule has 208 valence electrons. The fraction of sp³-hybridized carbons (Fsp3) is 0.406. The van der Waals surface area contributed by atoms with Crippen LogP contribution >= 0.6 is 0 Å². The molecule has 7 heteroatoms. The number of ether oxygens (including phenoxy) is 2. The second-order valence-electron chi connectivity index (χ2n) is 10.3. The fourth-order valence-corrected chi connectivity index (χ4v) is 4.95. The minimum absolute atomic E-state index is 0.0131. The number of rotatable bonds is 10. The summed E-state index contributed by atoms with van der Waals surface area (Å²) in [4.78, 5) is 14.1. The molecular formula is C32H41N3O4. The van der Waals surface area contributed by atoms with Crippen LogP contribution in [-0.2, 0) is 22.6 Å². The second kappa shape index (κ2) is 13.7. The lowest BCUT2D eigenvalue weighted by Crippen LogP contribution is -2.44. The smallest absolute Gasteiger partial charge is 0.315 e. The van der Waals surface area contributed by atoms with Crippen molar-refractivity contribution in [3.05, 3.63) is 107 Å². The number of urea groups is 1. The molecule has 3 N–H and O–H groups in total. The zero-order valence-corrected chi connectivity index (χ0v) is 23.3. The molecule has 1 fully saturated rings. The summed E-state index contributed by atoms with van der Waals surface area (Å²) < 4.78 is 13.2. The van der Waals surface area contributed by atoms with Gasteiger partial charge in [-0.05, 0) is 43.1 Å². The Hall–Kier alpha value is -3.23. The van der Waals surface area contributed by atoms with E-state index in [-0.39, 0.29) is 36.8 Å². The Morgan fingerprint density at radius 3 is 2.21 bits per heavy atom. The van der Waals surface area contributed by atoms with Gasteiger partial charge in [0.2, 0.25) is 0 Å². The van der Waals surface area contributed by atoms with Gasteiger partial charge in [0, 0.05) is 37.2 Å². The summed E-state index contributed by atoms with van der Waals surface area (Å²) in [6, 6.07) is 26.6. The monoisotopic (exact) mass is 531 g/mol. The Labute approximate surface area is 232 Å². The number of hydrogen-bond acceptors (Lipinski definition) is 5. The Morgan fingerprint density at radius 1 is 0.923 bits per heavy atom. The third-order valence-electron chi connectivity index (χ3n) is 7.58. The lowest BCUT2D eigenvalue weighted by atomic mass is 9.89. The van der Waals surface area contributed by atoms with Gasteiger partial charge in [0.25, 0.3) is 0 Å². The van der Waals surface area contributed by atoms with Gasteiger partial charge >= 0.3 is 6.03 Å². The molecule has 3 aromatic rings. The van der Waals surface area contributed by atoms with Crippen molar-refractivity contribution in [2.75, 3.05) is 20.1 Å². The number of likely N-dealkylation sites (N-methyl/N-ethyl adjacent to an activating group) is 1. The van der Waals surface area contributed by atoms with E-state index < -0.39 is 6.29 Å². The van der Waals surface area contributed by atoms with Crippen molar-refractivity contribution in [2.24, 2.45) is 5.92 Å². The molecule has 0 aromatic heterocycles. The molecule has 1 aliphatic heterocycles. The molecule has 4 rings (SSSR count). The fourth-order valence-electron chi connectivity index (χ4n) is 4.95. The topological polar surface area (TPSA) is 83.1 Å². The van der Waals surface area contributed by atoms with Crippen molar-refractivity contribution in [1.29, 1.82) is 0 Å². The van der Waals surface area contributed by atoms with Crippen molar-refractivity contribution >= 4 is 6.03 Å². The molecule has 5 atom stereocenters. The third kappa shape index (κ3) is 7.46. The standard InChI is InChI=1S/C32H41N3O4/c1-5-33-32(37)34-19-24-11-17-28(18-12-24)31-38-29(20-35(4)23(3)26-9-7-6-8-10-26)22(2)30(39-31)27-15-13-25(21-36)14-16-27/h6-18,22-23,29-31,36H,5,19-21H2,1-4H3,(H2,33,34,37)/t22-,23+,29+,30+,31+/m1/s1. The summed E-state index contributed by atoms with van der Waals surface area (Å²) in [5.74, 6) is 0.104. The van der Waals surface area contributed by atoms with Gasteiger partial charge in [0.05, 0.1) is 18.8 Å². The molecule has 0 radical (unpaired) electrons. The number of carbonyl (C=O) groups is 1. The van der Waals surface area contributed by atoms with E-state index in [1.165, 1.54) is 5.56 Å². The summed E-state index contributed by atoms with van der Waals surface area (Å²) in [5, 5.41) is 15.1. The van der Waals surface area contributed by atoms with Gasteiger partial charge < -0.3 is 25.2 Å². The molecule has 2 amide bonds. The van der Waals surface area contributed by atoms with Gasteiger partial charge in [-0.15, -0.1) is 0 Å². The predicted molar refractivity (Wildman–Crippen MR) is 153 cm³/mol. The molecule has 0 spiro atoms. The first kappa shape index (κ1) is 28.8. The van der Waals surface area contributed by atoms with Crippen LogP contribution in [0.5, 0.6) is 0 Å². The lowest BCUT2D eigenvalue weighted by molar-refractivity contribution is -0.276. The first-order valence-electron chi connectivity index (χ1n) is 13.8. The van der Waals surface area contributed by atoms with E-state index in [0.29, 0.717) is 13.1 Å². The zero-order valence-electron chi connectivity index (χ0n) is 23.3. The number of carbonyl (C=O) groups excluding carboxylic acids is 1. The summed E-state index contributed by atoms with van der Waals surface area (Å²) in [7, 11) is 2.14. The average Bonchev–Trinajstić information content (AvgIpc) is 2.97. The quantitative estimate of drug-likeness (QED) is 0.323. The van der Waals surface area contributed by atoms with Gasteiger partial charge in [-0.25, -0.2) is 4.79 Å².